The van der Waals surface area contributed by atoms with Gasteiger partial charge in [0.05, 0.1) is 16.7 Å². The third-order valence-electron chi connectivity index (χ3n) is 3.53. The molecule has 7 heteroatoms. The van der Waals surface area contributed by atoms with Gasteiger partial charge in [0.2, 0.25) is 0 Å². The van der Waals surface area contributed by atoms with Crippen LogP contribution in [0.25, 0.3) is 10.9 Å². The fourth-order valence-corrected chi connectivity index (χ4v) is 3.05. The summed E-state index contributed by atoms with van der Waals surface area (Å²) in [7, 11) is 0. The second-order valence-electron chi connectivity index (χ2n) is 5.81. The highest BCUT2D eigenvalue weighted by Crippen LogP contribution is 2.20. The number of aryl methyl sites for hydroxylation is 1. The van der Waals surface area contributed by atoms with Crippen molar-refractivity contribution in [2.24, 2.45) is 5.92 Å². The fourth-order valence-electron chi connectivity index (χ4n) is 2.24. The summed E-state index contributed by atoms with van der Waals surface area (Å²) in [6, 6.07) is 7.35. The minimum Gasteiger partial charge on any atom is -0.309 e. The van der Waals surface area contributed by atoms with Crippen molar-refractivity contribution in [1.82, 2.24) is 24.7 Å². The van der Waals surface area contributed by atoms with Crippen molar-refractivity contribution in [3.05, 3.63) is 46.8 Å². The zero-order valence-electron chi connectivity index (χ0n) is 13.2. The lowest BCUT2D eigenvalue weighted by molar-refractivity contribution is 0.495. The first-order valence-corrected chi connectivity index (χ1v) is 8.60. The van der Waals surface area contributed by atoms with Crippen molar-refractivity contribution < 1.29 is 0 Å². The first kappa shape index (κ1) is 15.7. The Bertz CT molecular complexity index is 855. The molecule has 2 aromatic heterocycles. The van der Waals surface area contributed by atoms with Gasteiger partial charge in [0.1, 0.15) is 12.2 Å². The molecule has 0 aliphatic heterocycles. The van der Waals surface area contributed by atoms with Gasteiger partial charge in [-0.15, -0.1) is 10.2 Å². The molecule has 0 spiro atoms. The number of hydrogen-bond acceptors (Lipinski definition) is 5. The van der Waals surface area contributed by atoms with Crippen LogP contribution < -0.4 is 5.56 Å². The van der Waals surface area contributed by atoms with Gasteiger partial charge in [0.25, 0.3) is 5.56 Å². The standard InChI is InChI=1S/C16H19N5OS/c1-11(2)7-8-21-10-17-20-16(21)23-9-14-18-13-6-4-3-5-12(13)15(22)19-14/h3-6,10-11H,7-9H2,1-2H3,(H,18,19,22). The van der Waals surface area contributed by atoms with Crippen molar-refractivity contribution in [2.75, 3.05) is 0 Å². The molecule has 0 aliphatic carbocycles. The summed E-state index contributed by atoms with van der Waals surface area (Å²) in [6.07, 6.45) is 2.83. The first-order valence-electron chi connectivity index (χ1n) is 7.62. The molecule has 0 atom stereocenters. The number of benzene rings is 1. The Kier molecular flexibility index (Phi) is 4.76. The summed E-state index contributed by atoms with van der Waals surface area (Å²) < 4.78 is 2.05. The molecule has 2 heterocycles. The van der Waals surface area contributed by atoms with Crippen molar-refractivity contribution in [2.45, 2.75) is 37.7 Å². The van der Waals surface area contributed by atoms with E-state index < -0.39 is 0 Å². The molecule has 0 aliphatic rings. The highest BCUT2D eigenvalue weighted by atomic mass is 32.2. The summed E-state index contributed by atoms with van der Waals surface area (Å²) in [5.41, 5.74) is 0.612. The van der Waals surface area contributed by atoms with Crippen molar-refractivity contribution in [3.8, 4) is 0 Å². The summed E-state index contributed by atoms with van der Waals surface area (Å²) in [6.45, 7) is 5.29. The first-order chi connectivity index (χ1) is 11.1. The van der Waals surface area contributed by atoms with E-state index >= 15 is 0 Å². The van der Waals surface area contributed by atoms with Crippen LogP contribution in [-0.2, 0) is 12.3 Å². The lowest BCUT2D eigenvalue weighted by atomic mass is 10.1. The van der Waals surface area contributed by atoms with Gasteiger partial charge in [-0.2, -0.15) is 0 Å². The zero-order valence-corrected chi connectivity index (χ0v) is 14.0. The quantitative estimate of drug-likeness (QED) is 0.704. The Morgan fingerprint density at radius 3 is 2.96 bits per heavy atom. The molecule has 1 aromatic carbocycles. The normalized spacial score (nSPS) is 11.4. The van der Waals surface area contributed by atoms with Gasteiger partial charge in [0, 0.05) is 6.54 Å². The van der Waals surface area contributed by atoms with Gasteiger partial charge in [-0.05, 0) is 24.5 Å². The van der Waals surface area contributed by atoms with Gasteiger partial charge < -0.3 is 9.55 Å². The number of rotatable bonds is 6. The number of para-hydroxylation sites is 1. The number of nitrogens with zero attached hydrogens (tertiary/aromatic N) is 4. The fraction of sp³-hybridized carbons (Fsp3) is 0.375. The molecular formula is C16H19N5OS. The Hall–Kier alpha value is -2.15. The minimum atomic E-state index is -0.104. The van der Waals surface area contributed by atoms with Gasteiger partial charge in [-0.1, -0.05) is 37.7 Å². The maximum atomic E-state index is 12.1. The molecule has 3 aromatic rings. The van der Waals surface area contributed by atoms with E-state index in [1.807, 2.05) is 22.8 Å². The summed E-state index contributed by atoms with van der Waals surface area (Å²) in [4.78, 5) is 19.4. The van der Waals surface area contributed by atoms with Gasteiger partial charge in [0.15, 0.2) is 5.16 Å². The van der Waals surface area contributed by atoms with Crippen molar-refractivity contribution >= 4 is 22.7 Å². The van der Waals surface area contributed by atoms with Gasteiger partial charge in [-0.3, -0.25) is 4.79 Å². The van der Waals surface area contributed by atoms with Crippen LogP contribution in [0.1, 0.15) is 26.1 Å². The number of hydrogen-bond donors (Lipinski definition) is 1. The molecule has 120 valence electrons. The monoisotopic (exact) mass is 329 g/mol. The van der Waals surface area contributed by atoms with Crippen LogP contribution in [0.2, 0.25) is 0 Å². The smallest absolute Gasteiger partial charge is 0.258 e. The lowest BCUT2D eigenvalue weighted by Crippen LogP contribution is -2.11. The molecule has 0 radical (unpaired) electrons. The van der Waals surface area contributed by atoms with Crippen molar-refractivity contribution in [3.63, 3.8) is 0 Å². The van der Waals surface area contributed by atoms with E-state index in [0.29, 0.717) is 28.4 Å². The van der Waals surface area contributed by atoms with E-state index in [-0.39, 0.29) is 5.56 Å². The summed E-state index contributed by atoms with van der Waals surface area (Å²) in [5.74, 6) is 1.84. The maximum Gasteiger partial charge on any atom is 0.258 e. The number of aromatic nitrogens is 5. The predicted molar refractivity (Wildman–Crippen MR) is 91.4 cm³/mol. The molecule has 0 saturated carbocycles. The summed E-state index contributed by atoms with van der Waals surface area (Å²) >= 11 is 1.53. The molecule has 0 saturated heterocycles. The van der Waals surface area contributed by atoms with Crippen molar-refractivity contribution in [1.29, 1.82) is 0 Å². The average Bonchev–Trinajstić information content (AvgIpc) is 2.98. The van der Waals surface area contributed by atoms with Crippen LogP contribution in [0.5, 0.6) is 0 Å². The second kappa shape index (κ2) is 6.95. The largest absolute Gasteiger partial charge is 0.309 e. The predicted octanol–water partition coefficient (Wildman–Crippen LogP) is 2.85. The molecule has 6 nitrogen and oxygen atoms in total. The minimum absolute atomic E-state index is 0.104. The Balaban J connectivity index is 1.74. The van der Waals surface area contributed by atoms with E-state index in [0.717, 1.165) is 18.1 Å². The topological polar surface area (TPSA) is 76.5 Å². The van der Waals surface area contributed by atoms with Crippen LogP contribution >= 0.6 is 11.8 Å². The van der Waals surface area contributed by atoms with Crippen LogP contribution in [0.3, 0.4) is 0 Å². The Labute approximate surface area is 138 Å². The Morgan fingerprint density at radius 1 is 1.30 bits per heavy atom. The van der Waals surface area contributed by atoms with E-state index in [9.17, 15) is 4.79 Å². The van der Waals surface area contributed by atoms with E-state index in [1.165, 1.54) is 11.8 Å². The molecule has 1 N–H and O–H groups in total. The maximum absolute atomic E-state index is 12.1. The molecular weight excluding hydrogens is 310 g/mol. The highest BCUT2D eigenvalue weighted by molar-refractivity contribution is 7.98. The van der Waals surface area contributed by atoms with Crippen LogP contribution in [0.15, 0.2) is 40.5 Å². The Morgan fingerprint density at radius 2 is 2.13 bits per heavy atom. The second-order valence-corrected chi connectivity index (χ2v) is 6.75. The summed E-state index contributed by atoms with van der Waals surface area (Å²) in [5, 5.41) is 9.59. The molecule has 0 fully saturated rings. The highest BCUT2D eigenvalue weighted by Gasteiger charge is 2.09. The third-order valence-corrected chi connectivity index (χ3v) is 4.52. The molecule has 0 bridgehead atoms. The number of thioether (sulfide) groups is 1. The molecule has 0 unspecified atom stereocenters. The number of aromatic amines is 1. The molecule has 3 rings (SSSR count). The van der Waals surface area contributed by atoms with E-state index in [4.69, 9.17) is 0 Å². The number of H-pyrrole nitrogens is 1. The average molecular weight is 329 g/mol. The molecule has 23 heavy (non-hydrogen) atoms. The van der Waals surface area contributed by atoms with Gasteiger partial charge >= 0.3 is 0 Å². The lowest BCUT2D eigenvalue weighted by Gasteiger charge is -2.08. The van der Waals surface area contributed by atoms with Gasteiger partial charge in [-0.25, -0.2) is 4.98 Å². The van der Waals surface area contributed by atoms with Crippen LogP contribution in [0, 0.1) is 5.92 Å². The van der Waals surface area contributed by atoms with E-state index in [2.05, 4.69) is 34.0 Å². The van der Waals surface area contributed by atoms with Crippen LogP contribution in [0.4, 0.5) is 0 Å². The number of fused-ring (bicyclic) bond motifs is 1. The third kappa shape index (κ3) is 3.79. The zero-order chi connectivity index (χ0) is 16.2. The van der Waals surface area contributed by atoms with Crippen LogP contribution in [-0.4, -0.2) is 24.7 Å². The molecule has 0 amide bonds. The number of nitrogens with one attached hydrogen (secondary N) is 1. The SMILES string of the molecule is CC(C)CCn1cnnc1SCc1nc2ccccc2c(=O)[nH]1. The van der Waals surface area contributed by atoms with E-state index in [1.54, 1.807) is 12.4 Å².